The average Bonchev–Trinajstić information content (AvgIpc) is 2.88. The Morgan fingerprint density at radius 3 is 3.32 bits per heavy atom. The van der Waals surface area contributed by atoms with Crippen molar-refractivity contribution in [3.05, 3.63) is 27.6 Å². The summed E-state index contributed by atoms with van der Waals surface area (Å²) in [4.78, 5) is 21.5. The summed E-state index contributed by atoms with van der Waals surface area (Å²) in [5.74, 6) is 1.07. The molecular weight excluding hydrogens is 262 g/mol. The summed E-state index contributed by atoms with van der Waals surface area (Å²) in [5, 5.41) is 11.1. The lowest BCUT2D eigenvalue weighted by Crippen LogP contribution is -2.37. The molecule has 0 radical (unpaired) electrons. The van der Waals surface area contributed by atoms with Crippen LogP contribution in [0.5, 0.6) is 0 Å². The van der Waals surface area contributed by atoms with Crippen molar-refractivity contribution < 1.29 is 5.11 Å². The minimum Gasteiger partial charge on any atom is -0.396 e. The number of H-pyrrole nitrogens is 1. The highest BCUT2D eigenvalue weighted by molar-refractivity contribution is 7.17. The van der Waals surface area contributed by atoms with Gasteiger partial charge in [-0.05, 0) is 36.8 Å². The monoisotopic (exact) mass is 279 g/mol. The van der Waals surface area contributed by atoms with Gasteiger partial charge in [0, 0.05) is 13.2 Å². The molecule has 102 valence electrons. The van der Waals surface area contributed by atoms with Crippen molar-refractivity contribution in [1.82, 2.24) is 14.9 Å². The normalized spacial score (nSPS) is 21.0. The Morgan fingerprint density at radius 2 is 2.47 bits per heavy atom. The van der Waals surface area contributed by atoms with Crippen LogP contribution in [-0.4, -0.2) is 39.7 Å². The molecule has 3 rings (SSSR count). The highest BCUT2D eigenvalue weighted by Crippen LogP contribution is 2.18. The highest BCUT2D eigenvalue weighted by atomic mass is 32.1. The molecule has 0 bridgehead atoms. The Labute approximate surface area is 114 Å². The maximum atomic E-state index is 11.9. The van der Waals surface area contributed by atoms with Crippen LogP contribution in [0.15, 0.2) is 16.2 Å². The number of likely N-dealkylation sites (tertiary alicyclic amines) is 1. The first kappa shape index (κ1) is 12.8. The zero-order valence-electron chi connectivity index (χ0n) is 10.6. The number of aliphatic hydroxyl groups is 1. The first-order chi connectivity index (χ1) is 9.26. The summed E-state index contributed by atoms with van der Waals surface area (Å²) in [6, 6.07) is 1.88. The van der Waals surface area contributed by atoms with Crippen LogP contribution in [-0.2, 0) is 6.54 Å². The van der Waals surface area contributed by atoms with E-state index in [2.05, 4.69) is 14.9 Å². The number of rotatable bonds is 3. The zero-order chi connectivity index (χ0) is 13.2. The number of hydrogen-bond donors (Lipinski definition) is 2. The number of fused-ring (bicyclic) bond motifs is 1. The molecule has 1 fully saturated rings. The third-order valence-corrected chi connectivity index (χ3v) is 4.50. The van der Waals surface area contributed by atoms with E-state index in [1.54, 1.807) is 0 Å². The summed E-state index contributed by atoms with van der Waals surface area (Å²) >= 11 is 1.42. The molecule has 19 heavy (non-hydrogen) atoms. The number of thiophene rings is 1. The lowest BCUT2D eigenvalue weighted by atomic mass is 9.99. The van der Waals surface area contributed by atoms with Gasteiger partial charge in [0.25, 0.3) is 5.56 Å². The van der Waals surface area contributed by atoms with Crippen LogP contribution in [0, 0.1) is 5.92 Å². The molecule has 1 aliphatic heterocycles. The molecular formula is C13H17N3O2S. The zero-order valence-corrected chi connectivity index (χ0v) is 11.4. The van der Waals surface area contributed by atoms with Crippen LogP contribution < -0.4 is 5.56 Å². The molecule has 2 aromatic rings. The fraction of sp³-hybridized carbons (Fsp3) is 0.538. The van der Waals surface area contributed by atoms with Crippen LogP contribution in [0.25, 0.3) is 10.2 Å². The van der Waals surface area contributed by atoms with Gasteiger partial charge >= 0.3 is 0 Å². The minimum absolute atomic E-state index is 0.0503. The van der Waals surface area contributed by atoms with E-state index in [0.29, 0.717) is 17.2 Å². The SMILES string of the molecule is O=c1[nH]c(CN2CCCC(CO)C2)nc2ccsc12. The van der Waals surface area contributed by atoms with Crippen molar-refractivity contribution in [2.75, 3.05) is 19.7 Å². The quantitative estimate of drug-likeness (QED) is 0.885. The van der Waals surface area contributed by atoms with E-state index in [1.807, 2.05) is 11.4 Å². The van der Waals surface area contributed by atoms with Crippen molar-refractivity contribution in [3.8, 4) is 0 Å². The van der Waals surface area contributed by atoms with Gasteiger partial charge in [0.05, 0.1) is 12.1 Å². The number of piperidine rings is 1. The Morgan fingerprint density at radius 1 is 1.58 bits per heavy atom. The van der Waals surface area contributed by atoms with Crippen molar-refractivity contribution >= 4 is 21.6 Å². The predicted molar refractivity (Wildman–Crippen MR) is 75.3 cm³/mol. The summed E-state index contributed by atoms with van der Waals surface area (Å²) < 4.78 is 0.690. The fourth-order valence-corrected chi connectivity index (χ4v) is 3.38. The molecule has 1 aliphatic rings. The van der Waals surface area contributed by atoms with Crippen molar-refractivity contribution in [1.29, 1.82) is 0 Å². The van der Waals surface area contributed by atoms with Crippen molar-refractivity contribution in [2.45, 2.75) is 19.4 Å². The first-order valence-corrected chi connectivity index (χ1v) is 7.44. The maximum absolute atomic E-state index is 11.9. The average molecular weight is 279 g/mol. The van der Waals surface area contributed by atoms with Gasteiger partial charge in [0.1, 0.15) is 10.5 Å². The Bertz CT molecular complexity index is 622. The summed E-state index contributed by atoms with van der Waals surface area (Å²) in [6.07, 6.45) is 2.18. The molecule has 0 amide bonds. The predicted octanol–water partition coefficient (Wildman–Crippen LogP) is 1.19. The molecule has 0 aliphatic carbocycles. The third kappa shape index (κ3) is 2.70. The summed E-state index contributed by atoms with van der Waals surface area (Å²) in [5.41, 5.74) is 0.727. The van der Waals surface area contributed by atoms with Crippen LogP contribution in [0.1, 0.15) is 18.7 Å². The second-order valence-electron chi connectivity index (χ2n) is 5.07. The minimum atomic E-state index is -0.0503. The van der Waals surface area contributed by atoms with Crippen molar-refractivity contribution in [2.24, 2.45) is 5.92 Å². The third-order valence-electron chi connectivity index (χ3n) is 3.60. The van der Waals surface area contributed by atoms with Gasteiger partial charge in [-0.15, -0.1) is 11.3 Å². The number of aromatic nitrogens is 2. The van der Waals surface area contributed by atoms with Gasteiger partial charge in [-0.2, -0.15) is 0 Å². The molecule has 1 atom stereocenters. The molecule has 1 unspecified atom stereocenters. The molecule has 2 aromatic heterocycles. The molecule has 0 spiro atoms. The van der Waals surface area contributed by atoms with E-state index in [0.717, 1.165) is 37.3 Å². The number of hydrogen-bond acceptors (Lipinski definition) is 5. The lowest BCUT2D eigenvalue weighted by Gasteiger charge is -2.31. The largest absolute Gasteiger partial charge is 0.396 e. The van der Waals surface area contributed by atoms with Gasteiger partial charge in [0.2, 0.25) is 0 Å². The Hall–Kier alpha value is -1.24. The van der Waals surface area contributed by atoms with Gasteiger partial charge in [-0.25, -0.2) is 4.98 Å². The fourth-order valence-electron chi connectivity index (χ4n) is 2.65. The topological polar surface area (TPSA) is 69.2 Å². The smallest absolute Gasteiger partial charge is 0.268 e. The van der Waals surface area contributed by atoms with E-state index in [4.69, 9.17) is 0 Å². The Balaban J connectivity index is 1.79. The lowest BCUT2D eigenvalue weighted by molar-refractivity contribution is 0.114. The first-order valence-electron chi connectivity index (χ1n) is 6.56. The maximum Gasteiger partial charge on any atom is 0.268 e. The van der Waals surface area contributed by atoms with Gasteiger partial charge in [0.15, 0.2) is 0 Å². The van der Waals surface area contributed by atoms with Crippen LogP contribution in [0.4, 0.5) is 0 Å². The van der Waals surface area contributed by atoms with E-state index in [-0.39, 0.29) is 12.2 Å². The summed E-state index contributed by atoms with van der Waals surface area (Å²) in [6.45, 7) is 2.77. The molecule has 6 heteroatoms. The number of aliphatic hydroxyl groups excluding tert-OH is 1. The van der Waals surface area contributed by atoms with Crippen LogP contribution in [0.2, 0.25) is 0 Å². The van der Waals surface area contributed by atoms with E-state index in [9.17, 15) is 9.90 Å². The van der Waals surface area contributed by atoms with Crippen molar-refractivity contribution in [3.63, 3.8) is 0 Å². The van der Waals surface area contributed by atoms with Gasteiger partial charge in [-0.1, -0.05) is 0 Å². The Kier molecular flexibility index (Phi) is 3.63. The van der Waals surface area contributed by atoms with E-state index in [1.165, 1.54) is 11.3 Å². The molecule has 0 saturated carbocycles. The van der Waals surface area contributed by atoms with Gasteiger partial charge in [-0.3, -0.25) is 9.69 Å². The molecule has 2 N–H and O–H groups in total. The van der Waals surface area contributed by atoms with E-state index >= 15 is 0 Å². The van der Waals surface area contributed by atoms with E-state index < -0.39 is 0 Å². The highest BCUT2D eigenvalue weighted by Gasteiger charge is 2.20. The number of nitrogens with one attached hydrogen (secondary N) is 1. The second-order valence-corrected chi connectivity index (χ2v) is 5.99. The molecule has 3 heterocycles. The molecule has 1 saturated heterocycles. The standard InChI is InChI=1S/C13H17N3O2S/c17-8-9-2-1-4-16(6-9)7-11-14-10-3-5-19-12(10)13(18)15-11/h3,5,9,17H,1-2,4,6-8H2,(H,14,15,18). The van der Waals surface area contributed by atoms with Gasteiger partial charge < -0.3 is 10.1 Å². The second kappa shape index (κ2) is 5.40. The number of aromatic amines is 1. The summed E-state index contributed by atoms with van der Waals surface area (Å²) in [7, 11) is 0. The molecule has 0 aromatic carbocycles. The van der Waals surface area contributed by atoms with Crippen LogP contribution in [0.3, 0.4) is 0 Å². The molecule has 5 nitrogen and oxygen atoms in total. The number of nitrogens with zero attached hydrogens (tertiary/aromatic N) is 2. The van der Waals surface area contributed by atoms with Crippen LogP contribution >= 0.6 is 11.3 Å².